The van der Waals surface area contributed by atoms with Crippen molar-refractivity contribution >= 4 is 39.5 Å². The molecule has 17 nitrogen and oxygen atoms in total. The summed E-state index contributed by atoms with van der Waals surface area (Å²) in [5.41, 5.74) is 0. The van der Waals surface area contributed by atoms with Gasteiger partial charge >= 0.3 is 39.5 Å². The number of rotatable bonds is 89. The van der Waals surface area contributed by atoms with E-state index in [0.29, 0.717) is 25.7 Å². The summed E-state index contributed by atoms with van der Waals surface area (Å²) >= 11 is 0. The lowest BCUT2D eigenvalue weighted by atomic mass is 10.00. The number of hydrogen-bond donors (Lipinski definition) is 3. The van der Waals surface area contributed by atoms with Gasteiger partial charge in [-0.3, -0.25) is 37.3 Å². The SMILES string of the molecule is CCCCCCCCCCCCCCCCCCCCCCCC(=O)O[C@H](COC(=O)CCCCCCCCCCCCCCCCCCCCCC)COP(=O)(O)OC[C@@H](O)COP(=O)(O)OC[C@@H](COC(=O)CCCCCCCCC(C)CC)OC(=O)CCCCCCCCCCCCCCCCCCC. The number of aliphatic hydroxyl groups is 1. The Bertz CT molecular complexity index is 2050. The summed E-state index contributed by atoms with van der Waals surface area (Å²) in [4.78, 5) is 73.3. The van der Waals surface area contributed by atoms with Gasteiger partial charge in [0.25, 0.3) is 0 Å². The van der Waals surface area contributed by atoms with E-state index in [2.05, 4.69) is 34.6 Å². The van der Waals surface area contributed by atoms with Gasteiger partial charge in [-0.1, -0.05) is 433 Å². The van der Waals surface area contributed by atoms with Gasteiger partial charge in [0, 0.05) is 25.7 Å². The van der Waals surface area contributed by atoms with Crippen molar-refractivity contribution < 1.29 is 80.2 Å². The summed E-state index contributed by atoms with van der Waals surface area (Å²) in [5.74, 6) is -1.37. The molecule has 0 saturated carbocycles. The number of ether oxygens (including phenoxy) is 4. The van der Waals surface area contributed by atoms with E-state index >= 15 is 0 Å². The third-order valence-electron chi connectivity index (χ3n) is 21.4. The Hall–Kier alpha value is -1.94. The standard InChI is InChI=1S/C89H174O17P2/c1-6-10-13-16-19-22-25-28-31-34-36-38-40-43-46-49-52-55-58-65-69-74-88(93)105-84(78-99-86(91)72-67-62-56-53-50-47-44-42-39-37-35-32-29-26-23-20-17-14-11-7-2)80-103-107(95,96)101-76-83(90)77-102-108(97,98)104-81-85(79-100-87(92)73-68-63-60-59-61-66-71-82(5)9-4)106-89(94)75-70-64-57-54-51-48-45-41-33-30-27-24-21-18-15-12-8-3/h82-85,90H,6-81H2,1-5H3,(H,95,96)(H,97,98)/t82?,83-,84-,85-/m1/s1. The molecule has 3 unspecified atom stereocenters. The highest BCUT2D eigenvalue weighted by atomic mass is 31.2. The van der Waals surface area contributed by atoms with Crippen molar-refractivity contribution in [3.63, 3.8) is 0 Å². The molecule has 108 heavy (non-hydrogen) atoms. The Morgan fingerprint density at radius 3 is 0.657 bits per heavy atom. The predicted molar refractivity (Wildman–Crippen MR) is 446 cm³/mol. The largest absolute Gasteiger partial charge is 0.472 e. The minimum atomic E-state index is -4.97. The number of carbonyl (C=O) groups excluding carboxylic acids is 4. The van der Waals surface area contributed by atoms with Crippen molar-refractivity contribution in [2.45, 2.75) is 502 Å². The summed E-state index contributed by atoms with van der Waals surface area (Å²) in [5, 5.41) is 10.7. The molecule has 0 aromatic rings. The van der Waals surface area contributed by atoms with Crippen molar-refractivity contribution in [1.29, 1.82) is 0 Å². The van der Waals surface area contributed by atoms with Crippen LogP contribution in [-0.4, -0.2) is 96.7 Å². The van der Waals surface area contributed by atoms with Gasteiger partial charge < -0.3 is 33.8 Å². The molecule has 0 heterocycles. The lowest BCUT2D eigenvalue weighted by molar-refractivity contribution is -0.161. The third kappa shape index (κ3) is 80.7. The summed E-state index contributed by atoms with van der Waals surface area (Å²) < 4.78 is 69.0. The number of phosphoric ester groups is 2. The highest BCUT2D eigenvalue weighted by Gasteiger charge is 2.31. The highest BCUT2D eigenvalue weighted by Crippen LogP contribution is 2.45. The molecule has 0 radical (unpaired) electrons. The molecule has 0 aliphatic carbocycles. The number of esters is 4. The van der Waals surface area contributed by atoms with E-state index in [0.717, 1.165) is 102 Å². The third-order valence-corrected chi connectivity index (χ3v) is 23.3. The molecule has 3 N–H and O–H groups in total. The molecule has 0 aromatic carbocycles. The maximum absolute atomic E-state index is 13.2. The second-order valence-corrected chi connectivity index (χ2v) is 35.1. The van der Waals surface area contributed by atoms with Crippen molar-refractivity contribution in [3.05, 3.63) is 0 Å². The summed E-state index contributed by atoms with van der Waals surface area (Å²) in [6.45, 7) is 7.34. The Balaban J connectivity index is 5.22. The van der Waals surface area contributed by atoms with Gasteiger partial charge in [-0.2, -0.15) is 0 Å². The van der Waals surface area contributed by atoms with E-state index in [-0.39, 0.29) is 25.7 Å². The summed E-state index contributed by atoms with van der Waals surface area (Å²) in [7, 11) is -9.93. The van der Waals surface area contributed by atoms with Crippen molar-refractivity contribution in [1.82, 2.24) is 0 Å². The van der Waals surface area contributed by atoms with Crippen LogP contribution in [0.4, 0.5) is 0 Å². The lowest BCUT2D eigenvalue weighted by Crippen LogP contribution is -2.30. The molecule has 19 heteroatoms. The zero-order chi connectivity index (χ0) is 79.0. The van der Waals surface area contributed by atoms with Gasteiger partial charge in [-0.05, 0) is 31.6 Å². The Kier molecular flexibility index (Phi) is 80.2. The molecule has 642 valence electrons. The fraction of sp³-hybridized carbons (Fsp3) is 0.955. The van der Waals surface area contributed by atoms with E-state index in [1.807, 2.05) is 0 Å². The minimum absolute atomic E-state index is 0.108. The van der Waals surface area contributed by atoms with Gasteiger partial charge in [0.2, 0.25) is 0 Å². The van der Waals surface area contributed by atoms with E-state index in [1.54, 1.807) is 0 Å². The van der Waals surface area contributed by atoms with Crippen LogP contribution < -0.4 is 0 Å². The lowest BCUT2D eigenvalue weighted by Gasteiger charge is -2.21. The normalized spacial score (nSPS) is 14.0. The molecule has 0 saturated heterocycles. The molecule has 0 aliphatic heterocycles. The van der Waals surface area contributed by atoms with Crippen LogP contribution in [0.25, 0.3) is 0 Å². The average Bonchev–Trinajstić information content (AvgIpc) is 0.899. The number of aliphatic hydroxyl groups excluding tert-OH is 1. The van der Waals surface area contributed by atoms with E-state index in [1.165, 1.54) is 302 Å². The second-order valence-electron chi connectivity index (χ2n) is 32.2. The molecule has 0 bridgehead atoms. The van der Waals surface area contributed by atoms with E-state index < -0.39 is 97.5 Å². The number of unbranched alkanes of at least 4 members (excludes halogenated alkanes) is 60. The average molecular weight is 1580 g/mol. The smallest absolute Gasteiger partial charge is 0.462 e. The number of phosphoric acid groups is 2. The van der Waals surface area contributed by atoms with Crippen LogP contribution in [0.2, 0.25) is 0 Å². The highest BCUT2D eigenvalue weighted by molar-refractivity contribution is 7.47. The van der Waals surface area contributed by atoms with Crippen molar-refractivity contribution in [2.24, 2.45) is 5.92 Å². The van der Waals surface area contributed by atoms with Crippen LogP contribution in [0.3, 0.4) is 0 Å². The summed E-state index contributed by atoms with van der Waals surface area (Å²) in [6.07, 6.45) is 76.6. The molecule has 0 rings (SSSR count). The molecule has 0 aliphatic rings. The van der Waals surface area contributed by atoms with Gasteiger partial charge in [0.1, 0.15) is 19.3 Å². The number of hydrogen-bond acceptors (Lipinski definition) is 15. The molecule has 0 aromatic heterocycles. The van der Waals surface area contributed by atoms with Crippen molar-refractivity contribution in [3.8, 4) is 0 Å². The van der Waals surface area contributed by atoms with E-state index in [4.69, 9.17) is 37.0 Å². The van der Waals surface area contributed by atoms with Crippen LogP contribution in [0.15, 0.2) is 0 Å². The van der Waals surface area contributed by atoms with Crippen molar-refractivity contribution in [2.75, 3.05) is 39.6 Å². The quantitative estimate of drug-likeness (QED) is 0.0222. The maximum Gasteiger partial charge on any atom is 0.472 e. The van der Waals surface area contributed by atoms with Gasteiger partial charge in [-0.25, -0.2) is 9.13 Å². The molecular formula is C89H174O17P2. The molecule has 0 amide bonds. The first-order chi connectivity index (χ1) is 52.6. The maximum atomic E-state index is 13.2. The first-order valence-electron chi connectivity index (χ1n) is 46.2. The first kappa shape index (κ1) is 106. The topological polar surface area (TPSA) is 237 Å². The van der Waals surface area contributed by atoms with Gasteiger partial charge in [0.05, 0.1) is 26.4 Å². The second kappa shape index (κ2) is 81.6. The molecule has 0 fully saturated rings. The Morgan fingerprint density at radius 1 is 0.259 bits per heavy atom. The molecule has 6 atom stereocenters. The molecule has 0 spiro atoms. The monoisotopic (exact) mass is 1580 g/mol. The minimum Gasteiger partial charge on any atom is -0.462 e. The Labute approximate surface area is 664 Å². The van der Waals surface area contributed by atoms with Crippen LogP contribution in [0, 0.1) is 5.92 Å². The fourth-order valence-corrected chi connectivity index (χ4v) is 15.5. The Morgan fingerprint density at radius 2 is 0.444 bits per heavy atom. The fourth-order valence-electron chi connectivity index (χ4n) is 14.0. The zero-order valence-electron chi connectivity index (χ0n) is 71.0. The molecular weight excluding hydrogens is 1400 g/mol. The van der Waals surface area contributed by atoms with E-state index in [9.17, 15) is 43.2 Å². The number of carbonyl (C=O) groups is 4. The van der Waals surface area contributed by atoms with Crippen LogP contribution in [0.5, 0.6) is 0 Å². The van der Waals surface area contributed by atoms with Crippen LogP contribution in [-0.2, 0) is 65.4 Å². The van der Waals surface area contributed by atoms with Gasteiger partial charge in [0.15, 0.2) is 12.2 Å². The predicted octanol–water partition coefficient (Wildman–Crippen LogP) is 27.5. The van der Waals surface area contributed by atoms with Crippen LogP contribution >= 0.6 is 15.6 Å². The zero-order valence-corrected chi connectivity index (χ0v) is 72.8. The van der Waals surface area contributed by atoms with Gasteiger partial charge in [-0.15, -0.1) is 0 Å². The first-order valence-corrected chi connectivity index (χ1v) is 49.2. The summed E-state index contributed by atoms with van der Waals surface area (Å²) in [6, 6.07) is 0. The van der Waals surface area contributed by atoms with Crippen LogP contribution in [0.1, 0.15) is 484 Å².